The first-order chi connectivity index (χ1) is 12.1. The minimum atomic E-state index is -0.274. The molecule has 0 amide bonds. The van der Waals surface area contributed by atoms with E-state index in [0.717, 1.165) is 41.8 Å². The van der Waals surface area contributed by atoms with Crippen molar-refractivity contribution in [1.29, 1.82) is 0 Å². The van der Waals surface area contributed by atoms with Crippen molar-refractivity contribution in [2.45, 2.75) is 58.4 Å². The summed E-state index contributed by atoms with van der Waals surface area (Å²) in [6.07, 6.45) is 4.31. The molecule has 6 heteroatoms. The first-order valence-electron chi connectivity index (χ1n) is 8.80. The maximum absolute atomic E-state index is 12.4. The van der Waals surface area contributed by atoms with Gasteiger partial charge in [0.25, 0.3) is 0 Å². The summed E-state index contributed by atoms with van der Waals surface area (Å²) in [6, 6.07) is 6.05. The van der Waals surface area contributed by atoms with Crippen LogP contribution in [0.3, 0.4) is 0 Å². The van der Waals surface area contributed by atoms with E-state index in [2.05, 4.69) is 10.3 Å². The van der Waals surface area contributed by atoms with Crippen molar-refractivity contribution in [2.24, 2.45) is 0 Å². The normalized spacial score (nSPS) is 12.2. The molecular weight excluding hydrogens is 338 g/mol. The molecule has 25 heavy (non-hydrogen) atoms. The van der Waals surface area contributed by atoms with Gasteiger partial charge in [0.2, 0.25) is 0 Å². The zero-order chi connectivity index (χ0) is 18.2. The molecule has 1 atom stereocenters. The van der Waals surface area contributed by atoms with Gasteiger partial charge in [-0.2, -0.15) is 0 Å². The third-order valence-electron chi connectivity index (χ3n) is 4.33. The van der Waals surface area contributed by atoms with Gasteiger partial charge in [-0.25, -0.2) is 0 Å². The van der Waals surface area contributed by atoms with E-state index in [9.17, 15) is 4.79 Å². The number of carbonyl (C=O) groups excluding carboxylic acids is 1. The zero-order valence-electron chi connectivity index (χ0n) is 15.2. The molecule has 0 aliphatic rings. The molecule has 0 saturated heterocycles. The third kappa shape index (κ3) is 5.30. The van der Waals surface area contributed by atoms with E-state index in [-0.39, 0.29) is 11.9 Å². The Bertz CT molecular complexity index is 700. The molecule has 1 heterocycles. The number of rotatable bonds is 9. The Morgan fingerprint density at radius 2 is 2.16 bits per heavy atom. The second-order valence-corrected chi connectivity index (χ2v) is 6.35. The van der Waals surface area contributed by atoms with Crippen molar-refractivity contribution >= 4 is 17.6 Å². The van der Waals surface area contributed by atoms with Crippen LogP contribution in [-0.2, 0) is 28.4 Å². The number of hydrogen-bond donors (Lipinski definition) is 0. The van der Waals surface area contributed by atoms with Crippen LogP contribution >= 0.6 is 11.6 Å². The van der Waals surface area contributed by atoms with Crippen molar-refractivity contribution in [3.8, 4) is 0 Å². The highest BCUT2D eigenvalue weighted by atomic mass is 35.5. The van der Waals surface area contributed by atoms with Gasteiger partial charge in [-0.15, -0.1) is 16.7 Å². The number of ether oxygens (including phenoxy) is 1. The summed E-state index contributed by atoms with van der Waals surface area (Å²) < 4.78 is 7.09. The summed E-state index contributed by atoms with van der Waals surface area (Å²) >= 11 is 6.02. The quantitative estimate of drug-likeness (QED) is 0.499. The number of esters is 1. The van der Waals surface area contributed by atoms with Gasteiger partial charge in [-0.05, 0) is 56.7 Å². The Morgan fingerprint density at radius 1 is 1.36 bits per heavy atom. The smallest absolute Gasteiger partial charge is 0.313 e. The fourth-order valence-electron chi connectivity index (χ4n) is 2.81. The van der Waals surface area contributed by atoms with Crippen LogP contribution < -0.4 is 0 Å². The maximum atomic E-state index is 12.4. The number of alkyl halides is 1. The molecule has 1 aromatic heterocycles. The topological polar surface area (TPSA) is 57.0 Å². The summed E-state index contributed by atoms with van der Waals surface area (Å²) in [5.41, 5.74) is 4.11. The Labute approximate surface area is 154 Å². The number of halogens is 1. The molecule has 0 aliphatic heterocycles. The van der Waals surface area contributed by atoms with E-state index in [1.807, 2.05) is 49.8 Å². The molecule has 0 fully saturated rings. The van der Waals surface area contributed by atoms with Gasteiger partial charge in [0.15, 0.2) is 0 Å². The van der Waals surface area contributed by atoms with Crippen molar-refractivity contribution in [3.05, 3.63) is 46.8 Å². The predicted octanol–water partition coefficient (Wildman–Crippen LogP) is 4.01. The summed E-state index contributed by atoms with van der Waals surface area (Å²) in [5, 5.41) is 8.20. The van der Waals surface area contributed by atoms with Crippen molar-refractivity contribution < 1.29 is 9.53 Å². The molecular formula is C19H26ClN3O2. The highest BCUT2D eigenvalue weighted by Crippen LogP contribution is 2.26. The SMILES string of the molecule is CCOC(=O)C(CCCc1cn(CC)nn1)c1ccc(C)c(CCl)c1. The minimum Gasteiger partial charge on any atom is -0.466 e. The molecule has 0 saturated carbocycles. The Hall–Kier alpha value is -1.88. The molecule has 0 N–H and O–H groups in total. The van der Waals surface area contributed by atoms with E-state index in [1.54, 1.807) is 0 Å². The summed E-state index contributed by atoms with van der Waals surface area (Å²) in [7, 11) is 0. The fraction of sp³-hybridized carbons (Fsp3) is 0.526. The van der Waals surface area contributed by atoms with Crippen molar-refractivity contribution in [1.82, 2.24) is 15.0 Å². The molecule has 2 aromatic rings. The summed E-state index contributed by atoms with van der Waals surface area (Å²) in [5.74, 6) is -0.0113. The largest absolute Gasteiger partial charge is 0.466 e. The highest BCUT2D eigenvalue weighted by Gasteiger charge is 2.22. The van der Waals surface area contributed by atoms with Crippen LogP contribution in [0.15, 0.2) is 24.4 Å². The molecule has 0 aliphatic carbocycles. The monoisotopic (exact) mass is 363 g/mol. The number of hydrogen-bond acceptors (Lipinski definition) is 4. The summed E-state index contributed by atoms with van der Waals surface area (Å²) in [4.78, 5) is 12.4. The van der Waals surface area contributed by atoms with Crippen LogP contribution in [-0.4, -0.2) is 27.6 Å². The van der Waals surface area contributed by atoms with E-state index in [0.29, 0.717) is 18.9 Å². The van der Waals surface area contributed by atoms with Gasteiger partial charge in [-0.3, -0.25) is 9.48 Å². The lowest BCUT2D eigenvalue weighted by Crippen LogP contribution is -2.17. The van der Waals surface area contributed by atoms with Gasteiger partial charge in [0.1, 0.15) is 0 Å². The molecule has 1 aromatic carbocycles. The average Bonchev–Trinajstić information content (AvgIpc) is 3.07. The lowest BCUT2D eigenvalue weighted by Gasteiger charge is -2.17. The lowest BCUT2D eigenvalue weighted by atomic mass is 9.91. The number of benzene rings is 1. The van der Waals surface area contributed by atoms with Crippen LogP contribution in [0, 0.1) is 6.92 Å². The number of nitrogens with zero attached hydrogens (tertiary/aromatic N) is 3. The highest BCUT2D eigenvalue weighted by molar-refractivity contribution is 6.17. The van der Waals surface area contributed by atoms with E-state index in [4.69, 9.17) is 16.3 Å². The number of aromatic nitrogens is 3. The first-order valence-corrected chi connectivity index (χ1v) is 9.33. The van der Waals surface area contributed by atoms with Gasteiger partial charge >= 0.3 is 5.97 Å². The second kappa shape index (κ2) is 9.56. The van der Waals surface area contributed by atoms with Gasteiger partial charge in [0.05, 0.1) is 18.2 Å². The molecule has 0 spiro atoms. The van der Waals surface area contributed by atoms with Crippen LogP contribution in [0.4, 0.5) is 0 Å². The molecule has 0 bridgehead atoms. The van der Waals surface area contributed by atoms with Crippen molar-refractivity contribution in [2.75, 3.05) is 6.61 Å². The maximum Gasteiger partial charge on any atom is 0.313 e. The number of carbonyl (C=O) groups is 1. The van der Waals surface area contributed by atoms with Crippen LogP contribution in [0.1, 0.15) is 55.0 Å². The zero-order valence-corrected chi connectivity index (χ0v) is 15.9. The van der Waals surface area contributed by atoms with Crippen LogP contribution in [0.5, 0.6) is 0 Å². The standard InChI is InChI=1S/C19H26ClN3O2/c1-4-23-13-17(21-22-23)7-6-8-18(19(24)25-5-2)15-10-9-14(3)16(11-15)12-20/h9-11,13,18H,4-8,12H2,1-3H3. The first kappa shape index (κ1) is 19.4. The van der Waals surface area contributed by atoms with Crippen molar-refractivity contribution in [3.63, 3.8) is 0 Å². The van der Waals surface area contributed by atoms with Crippen LogP contribution in [0.2, 0.25) is 0 Å². The Kier molecular flexibility index (Phi) is 7.44. The Balaban J connectivity index is 2.08. The number of aryl methyl sites for hydroxylation is 3. The van der Waals surface area contributed by atoms with Gasteiger partial charge in [0, 0.05) is 18.6 Å². The fourth-order valence-corrected chi connectivity index (χ4v) is 3.10. The predicted molar refractivity (Wildman–Crippen MR) is 98.7 cm³/mol. The average molecular weight is 364 g/mol. The molecule has 1 unspecified atom stereocenters. The Morgan fingerprint density at radius 3 is 2.80 bits per heavy atom. The van der Waals surface area contributed by atoms with Gasteiger partial charge < -0.3 is 4.74 Å². The molecule has 5 nitrogen and oxygen atoms in total. The molecule has 2 rings (SSSR count). The second-order valence-electron chi connectivity index (χ2n) is 6.08. The minimum absolute atomic E-state index is 0.177. The van der Waals surface area contributed by atoms with E-state index in [1.165, 1.54) is 0 Å². The third-order valence-corrected chi connectivity index (χ3v) is 4.61. The van der Waals surface area contributed by atoms with E-state index >= 15 is 0 Å². The lowest BCUT2D eigenvalue weighted by molar-refractivity contribution is -0.145. The summed E-state index contributed by atoms with van der Waals surface area (Å²) in [6.45, 7) is 7.08. The van der Waals surface area contributed by atoms with Gasteiger partial charge in [-0.1, -0.05) is 23.4 Å². The molecule has 136 valence electrons. The molecule has 0 radical (unpaired) electrons. The van der Waals surface area contributed by atoms with E-state index < -0.39 is 0 Å². The van der Waals surface area contributed by atoms with Crippen LogP contribution in [0.25, 0.3) is 0 Å².